The van der Waals surface area contributed by atoms with E-state index in [1.165, 1.54) is 6.20 Å². The molecule has 0 aliphatic carbocycles. The van der Waals surface area contributed by atoms with Crippen molar-refractivity contribution in [3.8, 4) is 5.75 Å². The van der Waals surface area contributed by atoms with Gasteiger partial charge >= 0.3 is 5.97 Å². The number of pyridine rings is 1. The lowest BCUT2D eigenvalue weighted by Gasteiger charge is -2.11. The van der Waals surface area contributed by atoms with E-state index in [1.54, 1.807) is 48.8 Å². The van der Waals surface area contributed by atoms with Gasteiger partial charge in [-0.15, -0.1) is 0 Å². The molecule has 3 aromatic rings. The first kappa shape index (κ1) is 22.2. The number of carboxylic acid groups (broad SMARTS) is 1. The maximum Gasteiger partial charge on any atom is 0.335 e. The molecule has 7 nitrogen and oxygen atoms in total. The summed E-state index contributed by atoms with van der Waals surface area (Å²) in [5.41, 5.74) is 4.82. The molecule has 0 unspecified atom stereocenters. The molecule has 30 heavy (non-hydrogen) atoms. The number of halogens is 2. The number of carbonyl (C=O) groups is 2. The van der Waals surface area contributed by atoms with Crippen molar-refractivity contribution in [2.45, 2.75) is 6.61 Å². The fourth-order valence-electron chi connectivity index (χ4n) is 2.42. The third-order valence-corrected chi connectivity index (χ3v) is 5.51. The number of nitrogens with zero attached hydrogens (tertiary/aromatic N) is 2. The molecule has 1 aromatic heterocycles. The Labute approximate surface area is 199 Å². The number of hydrogen-bond acceptors (Lipinski definition) is 5. The van der Waals surface area contributed by atoms with Gasteiger partial charge in [0.15, 0.2) is 0 Å². The van der Waals surface area contributed by atoms with Crippen molar-refractivity contribution >= 4 is 63.3 Å². The van der Waals surface area contributed by atoms with Crippen LogP contribution in [0.1, 0.15) is 31.8 Å². The van der Waals surface area contributed by atoms with Crippen molar-refractivity contribution in [1.29, 1.82) is 0 Å². The van der Waals surface area contributed by atoms with Crippen molar-refractivity contribution in [1.82, 2.24) is 10.4 Å². The molecule has 2 N–H and O–H groups in total. The molecule has 0 aliphatic rings. The average Bonchev–Trinajstić information content (AvgIpc) is 2.74. The summed E-state index contributed by atoms with van der Waals surface area (Å²) in [7, 11) is 0. The third kappa shape index (κ3) is 5.98. The number of aromatic nitrogens is 1. The Morgan fingerprint density at radius 1 is 1.10 bits per heavy atom. The minimum atomic E-state index is -0.958. The zero-order chi connectivity index (χ0) is 21.5. The number of nitrogens with one attached hydrogen (secondary N) is 1. The first-order valence-electron chi connectivity index (χ1n) is 8.61. The van der Waals surface area contributed by atoms with Gasteiger partial charge in [0.05, 0.1) is 24.5 Å². The number of carboxylic acids is 1. The summed E-state index contributed by atoms with van der Waals surface area (Å²) in [4.78, 5) is 26.8. The molecule has 0 radical (unpaired) electrons. The van der Waals surface area contributed by atoms with Crippen LogP contribution in [0.25, 0.3) is 0 Å². The molecule has 0 fully saturated rings. The summed E-state index contributed by atoms with van der Waals surface area (Å²) < 4.78 is 7.71. The van der Waals surface area contributed by atoms with Crippen LogP contribution < -0.4 is 10.2 Å². The fraction of sp³-hybridized carbons (Fsp3) is 0.0476. The SMILES string of the molecule is O=C(O)c1ccc(COc2c(I)cc(/C=N\NC(=O)c3cccnc3)cc2I)cc1. The summed E-state index contributed by atoms with van der Waals surface area (Å²) in [6.45, 7) is 0.320. The molecule has 9 heteroatoms. The van der Waals surface area contributed by atoms with E-state index in [0.29, 0.717) is 12.2 Å². The largest absolute Gasteiger partial charge is 0.487 e. The fourth-order valence-corrected chi connectivity index (χ4v) is 4.55. The number of amides is 1. The summed E-state index contributed by atoms with van der Waals surface area (Å²) >= 11 is 4.36. The van der Waals surface area contributed by atoms with E-state index < -0.39 is 5.97 Å². The molecular formula is C21H15I2N3O4. The number of ether oxygens (including phenoxy) is 1. The Morgan fingerprint density at radius 2 is 1.80 bits per heavy atom. The second kappa shape index (κ2) is 10.5. The van der Waals surface area contributed by atoms with Crippen molar-refractivity contribution in [3.05, 3.63) is 90.3 Å². The number of carbonyl (C=O) groups excluding carboxylic acids is 1. The predicted molar refractivity (Wildman–Crippen MR) is 129 cm³/mol. The summed E-state index contributed by atoms with van der Waals surface area (Å²) in [5.74, 6) is -0.562. The van der Waals surface area contributed by atoms with Gasteiger partial charge in [-0.1, -0.05) is 12.1 Å². The van der Waals surface area contributed by atoms with Crippen LogP contribution in [0.3, 0.4) is 0 Å². The molecule has 1 heterocycles. The predicted octanol–water partition coefficient (Wildman–Crippen LogP) is 4.33. The van der Waals surface area contributed by atoms with Crippen LogP contribution in [0, 0.1) is 7.14 Å². The molecular weight excluding hydrogens is 612 g/mol. The number of rotatable bonds is 7. The van der Waals surface area contributed by atoms with Crippen molar-refractivity contribution in [2.75, 3.05) is 0 Å². The topological polar surface area (TPSA) is 101 Å². The number of hydrazone groups is 1. The minimum absolute atomic E-state index is 0.238. The number of benzene rings is 2. The van der Waals surface area contributed by atoms with Gasteiger partial charge in [-0.2, -0.15) is 5.10 Å². The quantitative estimate of drug-likeness (QED) is 0.231. The highest BCUT2D eigenvalue weighted by Crippen LogP contribution is 2.29. The lowest BCUT2D eigenvalue weighted by molar-refractivity contribution is 0.0696. The normalized spacial score (nSPS) is 10.7. The maximum atomic E-state index is 12.0. The lowest BCUT2D eigenvalue weighted by atomic mass is 10.1. The van der Waals surface area contributed by atoms with E-state index in [2.05, 4.69) is 60.7 Å². The van der Waals surface area contributed by atoms with Crippen LogP contribution in [0.15, 0.2) is 66.0 Å². The molecule has 1 amide bonds. The van der Waals surface area contributed by atoms with Crippen LogP contribution in [-0.4, -0.2) is 28.2 Å². The highest BCUT2D eigenvalue weighted by molar-refractivity contribution is 14.1. The van der Waals surface area contributed by atoms with Crippen LogP contribution in [-0.2, 0) is 6.61 Å². The van der Waals surface area contributed by atoms with Crippen molar-refractivity contribution < 1.29 is 19.4 Å². The van der Waals surface area contributed by atoms with Gasteiger partial charge in [-0.3, -0.25) is 9.78 Å². The minimum Gasteiger partial charge on any atom is -0.487 e. The van der Waals surface area contributed by atoms with Gasteiger partial charge < -0.3 is 9.84 Å². The van der Waals surface area contributed by atoms with Crippen molar-refractivity contribution in [2.24, 2.45) is 5.10 Å². The zero-order valence-corrected chi connectivity index (χ0v) is 19.7. The van der Waals surface area contributed by atoms with E-state index in [4.69, 9.17) is 9.84 Å². The number of hydrogen-bond donors (Lipinski definition) is 2. The standard InChI is InChI=1S/C21H15I2N3O4/c22-17-8-14(10-25-26-20(27)16-2-1-7-24-11-16)9-18(23)19(17)30-12-13-3-5-15(6-4-13)21(28)29/h1-11H,12H2,(H,26,27)(H,28,29)/b25-10-. The third-order valence-electron chi connectivity index (χ3n) is 3.91. The Kier molecular flexibility index (Phi) is 7.74. The van der Waals surface area contributed by atoms with E-state index >= 15 is 0 Å². The molecule has 0 saturated carbocycles. The van der Waals surface area contributed by atoms with Gasteiger partial charge in [-0.05, 0) is 92.7 Å². The molecule has 0 saturated heterocycles. The van der Waals surface area contributed by atoms with Crippen LogP contribution in [0.2, 0.25) is 0 Å². The molecule has 2 aromatic carbocycles. The Bertz CT molecular complexity index is 1060. The second-order valence-corrected chi connectivity index (χ2v) is 8.37. The number of aromatic carboxylic acids is 1. The summed E-state index contributed by atoms with van der Waals surface area (Å²) in [5, 5.41) is 13.0. The van der Waals surface area contributed by atoms with E-state index in [-0.39, 0.29) is 11.5 Å². The molecule has 0 aliphatic heterocycles. The molecule has 0 spiro atoms. The van der Waals surface area contributed by atoms with Crippen LogP contribution in [0.5, 0.6) is 5.75 Å². The average molecular weight is 627 g/mol. The van der Waals surface area contributed by atoms with E-state index in [1.807, 2.05) is 12.1 Å². The van der Waals surface area contributed by atoms with Gasteiger partial charge in [0.1, 0.15) is 12.4 Å². The Balaban J connectivity index is 1.63. The smallest absolute Gasteiger partial charge is 0.335 e. The van der Waals surface area contributed by atoms with Crippen molar-refractivity contribution in [3.63, 3.8) is 0 Å². The first-order valence-corrected chi connectivity index (χ1v) is 10.8. The monoisotopic (exact) mass is 627 g/mol. The lowest BCUT2D eigenvalue weighted by Crippen LogP contribution is -2.17. The van der Waals surface area contributed by atoms with E-state index in [9.17, 15) is 9.59 Å². The van der Waals surface area contributed by atoms with Gasteiger partial charge in [0.25, 0.3) is 5.91 Å². The van der Waals surface area contributed by atoms with Gasteiger partial charge in [0, 0.05) is 12.4 Å². The van der Waals surface area contributed by atoms with Gasteiger partial charge in [-0.25, -0.2) is 10.2 Å². The Hall–Kier alpha value is -2.54. The summed E-state index contributed by atoms with van der Waals surface area (Å²) in [6.07, 6.45) is 4.63. The maximum absolute atomic E-state index is 12.0. The highest BCUT2D eigenvalue weighted by Gasteiger charge is 2.10. The van der Waals surface area contributed by atoms with E-state index in [0.717, 1.165) is 24.0 Å². The molecule has 152 valence electrons. The second-order valence-electron chi connectivity index (χ2n) is 6.05. The zero-order valence-electron chi connectivity index (χ0n) is 15.4. The summed E-state index contributed by atoms with van der Waals surface area (Å²) in [6, 6.07) is 13.7. The first-order chi connectivity index (χ1) is 14.4. The molecule has 0 atom stereocenters. The van der Waals surface area contributed by atoms with Crippen LogP contribution >= 0.6 is 45.2 Å². The molecule has 3 rings (SSSR count). The highest BCUT2D eigenvalue weighted by atomic mass is 127. The van der Waals surface area contributed by atoms with Crippen LogP contribution in [0.4, 0.5) is 0 Å². The Morgan fingerprint density at radius 3 is 2.40 bits per heavy atom. The molecule has 0 bridgehead atoms. The van der Waals surface area contributed by atoms with Gasteiger partial charge in [0.2, 0.25) is 0 Å².